The SMILES string of the molecule is O=C(c1cc(C(F)(F)F)cc(C(F)(F)F)c1)N1CCc2ccccc2C1c1ccc(F)cc1. The summed E-state index contributed by atoms with van der Waals surface area (Å²) < 4.78 is 93.2. The summed E-state index contributed by atoms with van der Waals surface area (Å²) in [5.41, 5.74) is -1.79. The molecule has 9 heteroatoms. The van der Waals surface area contributed by atoms with Crippen molar-refractivity contribution < 1.29 is 35.5 Å². The van der Waals surface area contributed by atoms with Crippen LogP contribution in [0.3, 0.4) is 0 Å². The lowest BCUT2D eigenvalue weighted by molar-refractivity contribution is -0.143. The van der Waals surface area contributed by atoms with Crippen molar-refractivity contribution in [1.29, 1.82) is 0 Å². The Morgan fingerprint density at radius 1 is 0.818 bits per heavy atom. The van der Waals surface area contributed by atoms with Gasteiger partial charge in [0.05, 0.1) is 17.2 Å². The van der Waals surface area contributed by atoms with E-state index in [2.05, 4.69) is 0 Å². The average molecular weight is 467 g/mol. The molecule has 0 spiro atoms. The van der Waals surface area contributed by atoms with Crippen LogP contribution in [-0.4, -0.2) is 17.4 Å². The highest BCUT2D eigenvalue weighted by molar-refractivity contribution is 5.95. The van der Waals surface area contributed by atoms with Crippen LogP contribution in [0.5, 0.6) is 0 Å². The van der Waals surface area contributed by atoms with Crippen LogP contribution in [0.15, 0.2) is 66.7 Å². The van der Waals surface area contributed by atoms with Crippen molar-refractivity contribution in [3.63, 3.8) is 0 Å². The molecule has 172 valence electrons. The Balaban J connectivity index is 1.83. The van der Waals surface area contributed by atoms with Gasteiger partial charge in [-0.3, -0.25) is 4.79 Å². The Bertz CT molecular complexity index is 1150. The minimum absolute atomic E-state index is 0.0141. The minimum Gasteiger partial charge on any atom is -0.327 e. The fraction of sp³-hybridized carbons (Fsp3) is 0.208. The number of halogens is 7. The predicted molar refractivity (Wildman–Crippen MR) is 106 cm³/mol. The van der Waals surface area contributed by atoms with E-state index in [1.54, 1.807) is 18.2 Å². The molecule has 0 radical (unpaired) electrons. The van der Waals surface area contributed by atoms with E-state index in [0.29, 0.717) is 29.7 Å². The van der Waals surface area contributed by atoms with Crippen molar-refractivity contribution in [2.75, 3.05) is 6.54 Å². The second-order valence-corrected chi connectivity index (χ2v) is 7.70. The second kappa shape index (κ2) is 8.20. The molecule has 33 heavy (non-hydrogen) atoms. The van der Waals surface area contributed by atoms with Crippen molar-refractivity contribution in [2.24, 2.45) is 0 Å². The molecule has 1 aliphatic rings. The molecule has 1 unspecified atom stereocenters. The highest BCUT2D eigenvalue weighted by Gasteiger charge is 2.39. The van der Waals surface area contributed by atoms with Crippen LogP contribution in [-0.2, 0) is 18.8 Å². The lowest BCUT2D eigenvalue weighted by Gasteiger charge is -2.38. The van der Waals surface area contributed by atoms with Crippen LogP contribution in [0.4, 0.5) is 30.7 Å². The van der Waals surface area contributed by atoms with Gasteiger partial charge in [0.25, 0.3) is 5.91 Å². The third-order valence-corrected chi connectivity index (χ3v) is 5.56. The number of fused-ring (bicyclic) bond motifs is 1. The maximum atomic E-state index is 13.5. The zero-order valence-electron chi connectivity index (χ0n) is 16.8. The van der Waals surface area contributed by atoms with E-state index >= 15 is 0 Å². The molecule has 0 fully saturated rings. The average Bonchev–Trinajstić information content (AvgIpc) is 2.77. The normalized spacial score (nSPS) is 16.5. The summed E-state index contributed by atoms with van der Waals surface area (Å²) in [7, 11) is 0. The van der Waals surface area contributed by atoms with Gasteiger partial charge in [0.1, 0.15) is 5.82 Å². The number of carbonyl (C=O) groups is 1. The lowest BCUT2D eigenvalue weighted by Crippen LogP contribution is -2.40. The van der Waals surface area contributed by atoms with Crippen LogP contribution in [0, 0.1) is 5.82 Å². The maximum Gasteiger partial charge on any atom is 0.416 e. The molecule has 3 aromatic carbocycles. The summed E-state index contributed by atoms with van der Waals surface area (Å²) in [4.78, 5) is 14.6. The fourth-order valence-electron chi connectivity index (χ4n) is 4.03. The number of hydrogen-bond donors (Lipinski definition) is 0. The highest BCUT2D eigenvalue weighted by atomic mass is 19.4. The number of hydrogen-bond acceptors (Lipinski definition) is 1. The van der Waals surface area contributed by atoms with Crippen LogP contribution in [0.1, 0.15) is 44.2 Å². The Labute approximate surface area is 184 Å². The smallest absolute Gasteiger partial charge is 0.327 e. The fourth-order valence-corrected chi connectivity index (χ4v) is 4.03. The van der Waals surface area contributed by atoms with Crippen molar-refractivity contribution >= 4 is 5.91 Å². The zero-order chi connectivity index (χ0) is 24.0. The molecule has 1 heterocycles. The number of alkyl halides is 6. The number of carbonyl (C=O) groups excluding carboxylic acids is 1. The topological polar surface area (TPSA) is 20.3 Å². The van der Waals surface area contributed by atoms with Crippen LogP contribution in [0.2, 0.25) is 0 Å². The van der Waals surface area contributed by atoms with Gasteiger partial charge in [-0.25, -0.2) is 4.39 Å². The summed E-state index contributed by atoms with van der Waals surface area (Å²) in [5, 5.41) is 0. The van der Waals surface area contributed by atoms with Gasteiger partial charge in [-0.2, -0.15) is 26.3 Å². The molecular formula is C24H16F7NO. The molecule has 0 N–H and O–H groups in total. The van der Waals surface area contributed by atoms with Crippen molar-refractivity contribution in [3.8, 4) is 0 Å². The Morgan fingerprint density at radius 2 is 1.39 bits per heavy atom. The van der Waals surface area contributed by atoms with E-state index in [1.165, 1.54) is 29.2 Å². The number of rotatable bonds is 2. The summed E-state index contributed by atoms with van der Waals surface area (Å²) in [6.07, 6.45) is -9.77. The number of amides is 1. The molecule has 1 amide bonds. The van der Waals surface area contributed by atoms with Crippen LogP contribution in [0.25, 0.3) is 0 Å². The zero-order valence-corrected chi connectivity index (χ0v) is 16.8. The molecular weight excluding hydrogens is 451 g/mol. The predicted octanol–water partition coefficient (Wildman–Crippen LogP) is 6.65. The van der Waals surface area contributed by atoms with Crippen LogP contribution < -0.4 is 0 Å². The first-order valence-electron chi connectivity index (χ1n) is 9.89. The summed E-state index contributed by atoms with van der Waals surface area (Å²) >= 11 is 0. The van der Waals surface area contributed by atoms with Gasteiger partial charge in [-0.1, -0.05) is 36.4 Å². The third-order valence-electron chi connectivity index (χ3n) is 5.56. The molecule has 4 rings (SSSR count). The molecule has 0 saturated heterocycles. The Morgan fingerprint density at radius 3 is 1.97 bits per heavy atom. The largest absolute Gasteiger partial charge is 0.416 e. The third kappa shape index (κ3) is 4.58. The Kier molecular flexibility index (Phi) is 5.67. The van der Waals surface area contributed by atoms with Gasteiger partial charge in [-0.15, -0.1) is 0 Å². The van der Waals surface area contributed by atoms with Crippen molar-refractivity contribution in [2.45, 2.75) is 24.8 Å². The van der Waals surface area contributed by atoms with E-state index in [4.69, 9.17) is 0 Å². The second-order valence-electron chi connectivity index (χ2n) is 7.70. The van der Waals surface area contributed by atoms with Gasteiger partial charge in [0.15, 0.2) is 0 Å². The molecule has 3 aromatic rings. The standard InChI is InChI=1S/C24H16F7NO/c25-19-7-5-15(6-8-19)21-20-4-2-1-3-14(20)9-10-32(21)22(33)16-11-17(23(26,27)28)13-18(12-16)24(29,30)31/h1-8,11-13,21H,9-10H2. The summed E-state index contributed by atoms with van der Waals surface area (Å²) in [6, 6.07) is 12.4. The van der Waals surface area contributed by atoms with E-state index < -0.39 is 46.8 Å². The lowest BCUT2D eigenvalue weighted by atomic mass is 9.87. The van der Waals surface area contributed by atoms with Gasteiger partial charge in [0.2, 0.25) is 0 Å². The first-order chi connectivity index (χ1) is 15.4. The van der Waals surface area contributed by atoms with E-state index in [-0.39, 0.29) is 12.6 Å². The van der Waals surface area contributed by atoms with Gasteiger partial charge in [0, 0.05) is 12.1 Å². The molecule has 1 aliphatic heterocycles. The molecule has 0 aromatic heterocycles. The van der Waals surface area contributed by atoms with E-state index in [0.717, 1.165) is 5.56 Å². The van der Waals surface area contributed by atoms with Gasteiger partial charge < -0.3 is 4.90 Å². The highest BCUT2D eigenvalue weighted by Crippen LogP contribution is 2.39. The quantitative estimate of drug-likeness (QED) is 0.387. The maximum absolute atomic E-state index is 13.5. The summed E-state index contributed by atoms with van der Waals surface area (Å²) in [6.45, 7) is 0.0650. The molecule has 2 nitrogen and oxygen atoms in total. The molecule has 1 atom stereocenters. The van der Waals surface area contributed by atoms with E-state index in [9.17, 15) is 35.5 Å². The molecule has 0 aliphatic carbocycles. The minimum atomic E-state index is -5.07. The first-order valence-corrected chi connectivity index (χ1v) is 9.89. The van der Waals surface area contributed by atoms with Crippen molar-refractivity contribution in [1.82, 2.24) is 4.90 Å². The summed E-state index contributed by atoms with van der Waals surface area (Å²) in [5.74, 6) is -1.50. The Hall–Kier alpha value is -3.36. The number of nitrogens with zero attached hydrogens (tertiary/aromatic N) is 1. The first kappa shape index (κ1) is 22.8. The molecule has 0 bridgehead atoms. The van der Waals surface area contributed by atoms with Crippen molar-refractivity contribution in [3.05, 3.63) is 106 Å². The van der Waals surface area contributed by atoms with Gasteiger partial charge in [-0.05, 0) is 53.4 Å². The van der Waals surface area contributed by atoms with Gasteiger partial charge >= 0.3 is 12.4 Å². The monoisotopic (exact) mass is 467 g/mol. The van der Waals surface area contributed by atoms with Crippen LogP contribution >= 0.6 is 0 Å². The number of benzene rings is 3. The van der Waals surface area contributed by atoms with E-state index in [1.807, 2.05) is 6.07 Å². The molecule has 0 saturated carbocycles.